The number of carbonyl (C=O) groups excluding carboxylic acids is 1. The number of ether oxygens (including phenoxy) is 1. The first-order chi connectivity index (χ1) is 12.9. The molecule has 0 bridgehead atoms. The van der Waals surface area contributed by atoms with Gasteiger partial charge >= 0.3 is 12.1 Å². The number of nitrogens with one attached hydrogen (secondary N) is 1. The first-order valence-corrected chi connectivity index (χ1v) is 12.1. The van der Waals surface area contributed by atoms with Crippen molar-refractivity contribution in [3.05, 3.63) is 58.2 Å². The van der Waals surface area contributed by atoms with E-state index in [2.05, 4.69) is 49.9 Å². The zero-order chi connectivity index (χ0) is 21.1. The quantitative estimate of drug-likeness (QED) is 0.202. The maximum atomic E-state index is 12.5. The van der Waals surface area contributed by atoms with Crippen molar-refractivity contribution >= 4 is 83.8 Å². The van der Waals surface area contributed by atoms with Gasteiger partial charge in [0.2, 0.25) is 10.0 Å². The highest BCUT2D eigenvalue weighted by Crippen LogP contribution is 2.29. The Hall–Kier alpha value is -0.200. The second kappa shape index (κ2) is 9.74. The molecule has 2 aromatic rings. The molecule has 5 nitrogen and oxygen atoms in total. The molecule has 0 aliphatic heterocycles. The van der Waals surface area contributed by atoms with Crippen molar-refractivity contribution in [2.75, 3.05) is 13.2 Å². The normalized spacial score (nSPS) is 12.1. The topological polar surface area (TPSA) is 72.5 Å². The molecule has 0 aliphatic rings. The summed E-state index contributed by atoms with van der Waals surface area (Å²) in [5, 5.41) is 0. The van der Waals surface area contributed by atoms with Gasteiger partial charge in [0.1, 0.15) is 6.61 Å². The van der Waals surface area contributed by atoms with Gasteiger partial charge in [-0.2, -0.15) is 13.2 Å². The Labute approximate surface area is 200 Å². The van der Waals surface area contributed by atoms with Crippen molar-refractivity contribution in [3.63, 3.8) is 0 Å². The van der Waals surface area contributed by atoms with Crippen molar-refractivity contribution in [3.8, 4) is 0 Å². The molecule has 0 saturated heterocycles. The molecule has 0 unspecified atom stereocenters. The SMILES string of the molecule is O=C(OCCNS(=O)(=O)c1ccc(C(F)(F)F)cc1)c1cc(I)cc(I)c1I. The molecule has 2 rings (SSSR count). The fourth-order valence-corrected chi connectivity index (χ4v) is 5.40. The van der Waals surface area contributed by atoms with E-state index in [4.69, 9.17) is 4.74 Å². The van der Waals surface area contributed by atoms with Gasteiger partial charge in [0, 0.05) is 17.3 Å². The number of hydrogen-bond acceptors (Lipinski definition) is 4. The standard InChI is InChI=1S/C16H11F3I3NO4S/c17-16(18,19)9-1-3-11(4-2-9)28(25,26)23-5-6-27-15(24)12-7-10(20)8-13(21)14(12)22/h1-4,7-8,23H,5-6H2. The van der Waals surface area contributed by atoms with Gasteiger partial charge in [-0.05, 0) is 104 Å². The minimum atomic E-state index is -4.55. The number of carbonyl (C=O) groups is 1. The lowest BCUT2D eigenvalue weighted by molar-refractivity contribution is -0.137. The van der Waals surface area contributed by atoms with Crippen LogP contribution in [-0.4, -0.2) is 27.5 Å². The van der Waals surface area contributed by atoms with Crippen LogP contribution in [0, 0.1) is 10.7 Å². The second-order valence-corrected chi connectivity index (χ2v) is 10.6. The molecule has 152 valence electrons. The van der Waals surface area contributed by atoms with Gasteiger partial charge in [0.05, 0.1) is 16.0 Å². The highest BCUT2D eigenvalue weighted by Gasteiger charge is 2.30. The van der Waals surface area contributed by atoms with Crippen LogP contribution in [0.4, 0.5) is 13.2 Å². The third-order valence-corrected chi connectivity index (χ3v) is 8.48. The molecule has 0 radical (unpaired) electrons. The maximum absolute atomic E-state index is 12.5. The molecule has 0 amide bonds. The van der Waals surface area contributed by atoms with Crippen molar-refractivity contribution in [2.24, 2.45) is 0 Å². The van der Waals surface area contributed by atoms with Crippen LogP contribution in [0.2, 0.25) is 0 Å². The summed E-state index contributed by atoms with van der Waals surface area (Å²) in [4.78, 5) is 11.9. The predicted molar refractivity (Wildman–Crippen MR) is 122 cm³/mol. The van der Waals surface area contributed by atoms with Gasteiger partial charge in [-0.1, -0.05) is 0 Å². The van der Waals surface area contributed by atoms with E-state index < -0.39 is 27.7 Å². The first kappa shape index (κ1) is 24.1. The molecule has 1 N–H and O–H groups in total. The third kappa shape index (κ3) is 6.40. The van der Waals surface area contributed by atoms with Gasteiger partial charge in [-0.3, -0.25) is 0 Å². The molecule has 0 aliphatic carbocycles. The van der Waals surface area contributed by atoms with Crippen LogP contribution >= 0.6 is 67.8 Å². The fourth-order valence-electron chi connectivity index (χ4n) is 2.01. The van der Waals surface area contributed by atoms with Crippen molar-refractivity contribution in [1.29, 1.82) is 0 Å². The van der Waals surface area contributed by atoms with Crippen molar-refractivity contribution in [1.82, 2.24) is 4.72 Å². The number of halogens is 6. The van der Waals surface area contributed by atoms with E-state index in [0.29, 0.717) is 17.7 Å². The molecule has 0 spiro atoms. The summed E-state index contributed by atoms with van der Waals surface area (Å²) in [5.74, 6) is -0.588. The number of esters is 1. The lowest BCUT2D eigenvalue weighted by Crippen LogP contribution is -2.28. The number of benzene rings is 2. The summed E-state index contributed by atoms with van der Waals surface area (Å²) in [6.45, 7) is -0.441. The smallest absolute Gasteiger partial charge is 0.416 e. The number of alkyl halides is 3. The Morgan fingerprint density at radius 3 is 2.25 bits per heavy atom. The third-order valence-electron chi connectivity index (χ3n) is 3.33. The molecular weight excluding hydrogens is 740 g/mol. The van der Waals surface area contributed by atoms with E-state index >= 15 is 0 Å². The lowest BCUT2D eigenvalue weighted by Gasteiger charge is -2.11. The van der Waals surface area contributed by atoms with Crippen LogP contribution < -0.4 is 4.72 Å². The Bertz CT molecular complexity index is 980. The van der Waals surface area contributed by atoms with Gasteiger partial charge in [0.25, 0.3) is 0 Å². The maximum Gasteiger partial charge on any atom is 0.416 e. The van der Waals surface area contributed by atoms with Gasteiger partial charge in [0.15, 0.2) is 0 Å². The van der Waals surface area contributed by atoms with Crippen LogP contribution in [0.5, 0.6) is 0 Å². The Morgan fingerprint density at radius 1 is 1.07 bits per heavy atom. The molecule has 0 aromatic heterocycles. The highest BCUT2D eigenvalue weighted by molar-refractivity contribution is 14.1. The van der Waals surface area contributed by atoms with Crippen molar-refractivity contribution < 1.29 is 31.1 Å². The van der Waals surface area contributed by atoms with Crippen LogP contribution in [0.15, 0.2) is 41.3 Å². The number of hydrogen-bond donors (Lipinski definition) is 1. The molecular formula is C16H11F3I3NO4S. The Morgan fingerprint density at radius 2 is 1.68 bits per heavy atom. The van der Waals surface area contributed by atoms with E-state index in [1.54, 1.807) is 6.07 Å². The summed E-state index contributed by atoms with van der Waals surface area (Å²) < 4.78 is 71.6. The lowest BCUT2D eigenvalue weighted by atomic mass is 10.2. The molecule has 0 atom stereocenters. The van der Waals surface area contributed by atoms with Crippen LogP contribution in [0.1, 0.15) is 15.9 Å². The van der Waals surface area contributed by atoms with Gasteiger partial charge in [-0.15, -0.1) is 0 Å². The molecule has 0 saturated carbocycles. The fraction of sp³-hybridized carbons (Fsp3) is 0.188. The zero-order valence-corrected chi connectivity index (χ0v) is 21.0. The van der Waals surface area contributed by atoms with Gasteiger partial charge in [-0.25, -0.2) is 17.9 Å². The number of rotatable bonds is 6. The molecule has 28 heavy (non-hydrogen) atoms. The Balaban J connectivity index is 1.95. The molecule has 0 fully saturated rings. The average molecular weight is 751 g/mol. The second-order valence-electron chi connectivity index (χ2n) is 5.30. The monoisotopic (exact) mass is 751 g/mol. The summed E-state index contributed by atoms with van der Waals surface area (Å²) in [5.41, 5.74) is -0.565. The summed E-state index contributed by atoms with van der Waals surface area (Å²) in [7, 11) is -4.02. The van der Waals surface area contributed by atoms with E-state index in [-0.39, 0.29) is 18.0 Å². The molecule has 0 heterocycles. The van der Waals surface area contributed by atoms with E-state index in [1.165, 1.54) is 0 Å². The largest absolute Gasteiger partial charge is 0.461 e. The summed E-state index contributed by atoms with van der Waals surface area (Å²) in [6, 6.07) is 6.68. The van der Waals surface area contributed by atoms with E-state index in [1.807, 2.05) is 28.7 Å². The van der Waals surface area contributed by atoms with E-state index in [9.17, 15) is 26.4 Å². The summed E-state index contributed by atoms with van der Waals surface area (Å²) in [6.07, 6.45) is -4.55. The molecule has 2 aromatic carbocycles. The Kier molecular flexibility index (Phi) is 8.37. The summed E-state index contributed by atoms with van der Waals surface area (Å²) >= 11 is 6.19. The highest BCUT2D eigenvalue weighted by atomic mass is 127. The van der Waals surface area contributed by atoms with Crippen LogP contribution in [0.3, 0.4) is 0 Å². The number of sulfonamides is 1. The minimum Gasteiger partial charge on any atom is -0.461 e. The van der Waals surface area contributed by atoms with Crippen LogP contribution in [-0.2, 0) is 20.9 Å². The molecule has 12 heteroatoms. The first-order valence-electron chi connectivity index (χ1n) is 7.40. The van der Waals surface area contributed by atoms with Crippen molar-refractivity contribution in [2.45, 2.75) is 11.1 Å². The minimum absolute atomic E-state index is 0.216. The zero-order valence-electron chi connectivity index (χ0n) is 13.7. The average Bonchev–Trinajstić information content (AvgIpc) is 2.61. The predicted octanol–water partition coefficient (Wildman–Crippen LogP) is 4.65. The van der Waals surface area contributed by atoms with E-state index in [0.717, 1.165) is 22.8 Å². The van der Waals surface area contributed by atoms with Crippen LogP contribution in [0.25, 0.3) is 0 Å². The van der Waals surface area contributed by atoms with Gasteiger partial charge < -0.3 is 4.74 Å².